The molecule has 0 amide bonds. The standard InChI is InChI=1S/C20H18ClN5O2/c1-12-15-10-13(11-22-16-8-9-17(28-2)23-18(16)21)20(27)24-19(15)26(25-12)14-6-4-3-5-7-14/h3-10,22H,11H2,1-2H3,(H,24,27). The normalized spacial score (nSPS) is 11.0. The average molecular weight is 396 g/mol. The Balaban J connectivity index is 1.67. The summed E-state index contributed by atoms with van der Waals surface area (Å²) < 4.78 is 6.79. The molecule has 0 unspecified atom stereocenters. The number of ether oxygens (including phenoxy) is 1. The lowest BCUT2D eigenvalue weighted by Gasteiger charge is -2.09. The van der Waals surface area contributed by atoms with Gasteiger partial charge < -0.3 is 15.0 Å². The Morgan fingerprint density at radius 2 is 2.00 bits per heavy atom. The van der Waals surface area contributed by atoms with Crippen LogP contribution in [-0.2, 0) is 6.54 Å². The lowest BCUT2D eigenvalue weighted by atomic mass is 10.2. The van der Waals surface area contributed by atoms with Gasteiger partial charge in [0.05, 0.1) is 24.2 Å². The van der Waals surface area contributed by atoms with Crippen molar-refractivity contribution in [3.05, 3.63) is 75.3 Å². The van der Waals surface area contributed by atoms with Gasteiger partial charge in [0.2, 0.25) is 5.88 Å². The highest BCUT2D eigenvalue weighted by Gasteiger charge is 2.13. The summed E-state index contributed by atoms with van der Waals surface area (Å²) in [4.78, 5) is 19.7. The van der Waals surface area contributed by atoms with E-state index >= 15 is 0 Å². The molecule has 142 valence electrons. The van der Waals surface area contributed by atoms with Crippen LogP contribution in [0.1, 0.15) is 11.3 Å². The van der Waals surface area contributed by atoms with E-state index in [1.807, 2.05) is 43.3 Å². The number of methoxy groups -OCH3 is 1. The van der Waals surface area contributed by atoms with Gasteiger partial charge >= 0.3 is 0 Å². The van der Waals surface area contributed by atoms with Crippen molar-refractivity contribution >= 4 is 28.3 Å². The molecule has 0 bridgehead atoms. The number of fused-ring (bicyclic) bond motifs is 1. The van der Waals surface area contributed by atoms with Crippen LogP contribution >= 0.6 is 11.6 Å². The number of benzene rings is 1. The maximum absolute atomic E-state index is 12.6. The fourth-order valence-electron chi connectivity index (χ4n) is 3.00. The van der Waals surface area contributed by atoms with Crippen molar-refractivity contribution in [1.82, 2.24) is 19.7 Å². The Hall–Kier alpha value is -3.32. The first-order valence-corrected chi connectivity index (χ1v) is 9.06. The van der Waals surface area contributed by atoms with Crippen molar-refractivity contribution in [2.75, 3.05) is 12.4 Å². The number of nitrogens with one attached hydrogen (secondary N) is 2. The first-order valence-electron chi connectivity index (χ1n) is 8.68. The summed E-state index contributed by atoms with van der Waals surface area (Å²) in [6.07, 6.45) is 0. The van der Waals surface area contributed by atoms with Crippen LogP contribution < -0.4 is 15.6 Å². The molecule has 0 radical (unpaired) electrons. The molecule has 0 aliphatic heterocycles. The third kappa shape index (κ3) is 3.32. The highest BCUT2D eigenvalue weighted by Crippen LogP contribution is 2.24. The molecule has 0 aliphatic rings. The van der Waals surface area contributed by atoms with Gasteiger partial charge in [-0.05, 0) is 31.2 Å². The Morgan fingerprint density at radius 1 is 1.21 bits per heavy atom. The molecule has 0 saturated carbocycles. The summed E-state index contributed by atoms with van der Waals surface area (Å²) in [5.41, 5.74) is 3.41. The fourth-order valence-corrected chi connectivity index (χ4v) is 3.21. The van der Waals surface area contributed by atoms with E-state index in [-0.39, 0.29) is 10.7 Å². The van der Waals surface area contributed by atoms with Gasteiger partial charge in [-0.3, -0.25) is 4.79 Å². The second-order valence-corrected chi connectivity index (χ2v) is 6.62. The molecule has 28 heavy (non-hydrogen) atoms. The molecule has 0 atom stereocenters. The Kier molecular flexibility index (Phi) is 4.75. The molecule has 0 spiro atoms. The van der Waals surface area contributed by atoms with Gasteiger partial charge in [-0.25, -0.2) is 4.68 Å². The summed E-state index contributed by atoms with van der Waals surface area (Å²) in [6, 6.07) is 15.0. The molecule has 2 N–H and O–H groups in total. The van der Waals surface area contributed by atoms with Gasteiger partial charge in [0, 0.05) is 23.6 Å². The minimum absolute atomic E-state index is 0.185. The van der Waals surface area contributed by atoms with E-state index in [0.717, 1.165) is 16.8 Å². The van der Waals surface area contributed by atoms with Gasteiger partial charge in [-0.2, -0.15) is 10.1 Å². The summed E-state index contributed by atoms with van der Waals surface area (Å²) in [6.45, 7) is 2.22. The van der Waals surface area contributed by atoms with Gasteiger partial charge in [0.1, 0.15) is 5.65 Å². The summed E-state index contributed by atoms with van der Waals surface area (Å²) in [7, 11) is 1.53. The molecule has 3 heterocycles. The highest BCUT2D eigenvalue weighted by atomic mass is 35.5. The number of aromatic amines is 1. The molecule has 8 heteroatoms. The van der Waals surface area contributed by atoms with Crippen LogP contribution in [0.4, 0.5) is 5.69 Å². The largest absolute Gasteiger partial charge is 0.481 e. The van der Waals surface area contributed by atoms with Crippen LogP contribution in [0.2, 0.25) is 5.15 Å². The zero-order valence-corrected chi connectivity index (χ0v) is 16.1. The monoisotopic (exact) mass is 395 g/mol. The SMILES string of the molecule is COc1ccc(NCc2cc3c(C)nn(-c4ccccc4)c3[nH]c2=O)c(Cl)n1. The lowest BCUT2D eigenvalue weighted by Crippen LogP contribution is -2.16. The second kappa shape index (κ2) is 7.36. The van der Waals surface area contributed by atoms with E-state index in [2.05, 4.69) is 20.4 Å². The topological polar surface area (TPSA) is 84.8 Å². The number of nitrogens with zero attached hydrogens (tertiary/aromatic N) is 3. The van der Waals surface area contributed by atoms with Crippen LogP contribution in [0, 0.1) is 6.92 Å². The number of hydrogen-bond acceptors (Lipinski definition) is 5. The van der Waals surface area contributed by atoms with E-state index in [1.165, 1.54) is 7.11 Å². The number of halogens is 1. The number of rotatable bonds is 5. The minimum atomic E-state index is -0.185. The van der Waals surface area contributed by atoms with Gasteiger partial charge in [-0.15, -0.1) is 0 Å². The van der Waals surface area contributed by atoms with Crippen molar-refractivity contribution in [3.8, 4) is 11.6 Å². The predicted molar refractivity (Wildman–Crippen MR) is 110 cm³/mol. The molecular formula is C20H18ClN5O2. The Bertz CT molecular complexity index is 1200. The van der Waals surface area contributed by atoms with Crippen LogP contribution in [0.15, 0.2) is 53.3 Å². The van der Waals surface area contributed by atoms with Crippen molar-refractivity contribution < 1.29 is 4.74 Å². The predicted octanol–water partition coefficient (Wildman–Crippen LogP) is 3.69. The molecule has 0 fully saturated rings. The average Bonchev–Trinajstić information content (AvgIpc) is 3.03. The second-order valence-electron chi connectivity index (χ2n) is 6.26. The number of para-hydroxylation sites is 1. The summed E-state index contributed by atoms with van der Waals surface area (Å²) in [5.74, 6) is 0.429. The molecule has 0 saturated heterocycles. The zero-order chi connectivity index (χ0) is 19.7. The van der Waals surface area contributed by atoms with Crippen LogP contribution in [-0.4, -0.2) is 26.9 Å². The molecular weight excluding hydrogens is 378 g/mol. The van der Waals surface area contributed by atoms with Crippen molar-refractivity contribution in [1.29, 1.82) is 0 Å². The smallest absolute Gasteiger partial charge is 0.254 e. The van der Waals surface area contributed by atoms with Crippen LogP contribution in [0.3, 0.4) is 0 Å². The maximum Gasteiger partial charge on any atom is 0.254 e. The highest BCUT2D eigenvalue weighted by molar-refractivity contribution is 6.32. The number of aryl methyl sites for hydroxylation is 1. The molecule has 7 nitrogen and oxygen atoms in total. The quantitative estimate of drug-likeness (QED) is 0.503. The van der Waals surface area contributed by atoms with Crippen LogP contribution in [0.25, 0.3) is 16.7 Å². The minimum Gasteiger partial charge on any atom is -0.481 e. The lowest BCUT2D eigenvalue weighted by molar-refractivity contribution is 0.398. The molecule has 0 aliphatic carbocycles. The van der Waals surface area contributed by atoms with Crippen molar-refractivity contribution in [2.45, 2.75) is 13.5 Å². The molecule has 4 rings (SSSR count). The third-order valence-electron chi connectivity index (χ3n) is 4.45. The number of aromatic nitrogens is 4. The van der Waals surface area contributed by atoms with E-state index in [1.54, 1.807) is 16.8 Å². The summed E-state index contributed by atoms with van der Waals surface area (Å²) in [5, 5.41) is 8.89. The van der Waals surface area contributed by atoms with Gasteiger partial charge in [-0.1, -0.05) is 29.8 Å². The molecule has 1 aromatic carbocycles. The maximum atomic E-state index is 12.6. The van der Waals surface area contributed by atoms with Crippen molar-refractivity contribution in [3.63, 3.8) is 0 Å². The third-order valence-corrected chi connectivity index (χ3v) is 4.74. The van der Waals surface area contributed by atoms with E-state index in [4.69, 9.17) is 16.3 Å². The number of pyridine rings is 2. The number of anilines is 1. The Labute approximate surface area is 165 Å². The first-order chi connectivity index (χ1) is 13.6. The number of hydrogen-bond donors (Lipinski definition) is 2. The van der Waals surface area contributed by atoms with E-state index in [0.29, 0.717) is 29.3 Å². The van der Waals surface area contributed by atoms with E-state index < -0.39 is 0 Å². The van der Waals surface area contributed by atoms with Crippen LogP contribution in [0.5, 0.6) is 5.88 Å². The van der Waals surface area contributed by atoms with E-state index in [9.17, 15) is 4.79 Å². The van der Waals surface area contributed by atoms with Gasteiger partial charge in [0.15, 0.2) is 5.15 Å². The molecule has 3 aromatic heterocycles. The first kappa shape index (κ1) is 18.1. The zero-order valence-electron chi connectivity index (χ0n) is 15.4. The number of H-pyrrole nitrogens is 1. The fraction of sp³-hybridized carbons (Fsp3) is 0.150. The summed E-state index contributed by atoms with van der Waals surface area (Å²) >= 11 is 6.15. The van der Waals surface area contributed by atoms with Crippen molar-refractivity contribution in [2.24, 2.45) is 0 Å². The Morgan fingerprint density at radius 3 is 2.71 bits per heavy atom. The molecule has 4 aromatic rings. The van der Waals surface area contributed by atoms with Gasteiger partial charge in [0.25, 0.3) is 5.56 Å².